The summed E-state index contributed by atoms with van der Waals surface area (Å²) >= 11 is 1.79. The minimum atomic E-state index is -2.35. The fourth-order valence-corrected chi connectivity index (χ4v) is 13.7. The van der Waals surface area contributed by atoms with Crippen LogP contribution in [0.1, 0.15) is 103 Å². The lowest BCUT2D eigenvalue weighted by Gasteiger charge is -2.24. The van der Waals surface area contributed by atoms with Gasteiger partial charge < -0.3 is 13.3 Å². The van der Waals surface area contributed by atoms with Gasteiger partial charge in [0, 0.05) is 33.1 Å². The van der Waals surface area contributed by atoms with E-state index in [4.69, 9.17) is 13.3 Å². The maximum Gasteiger partial charge on any atom is 0.500 e. The number of aromatic nitrogens is 1. The lowest BCUT2D eigenvalue weighted by Crippen LogP contribution is -2.42. The summed E-state index contributed by atoms with van der Waals surface area (Å²) in [5.41, 5.74) is 1.12. The Kier molecular flexibility index (Phi) is 21.3. The van der Waals surface area contributed by atoms with Gasteiger partial charge in [-0.05, 0) is 55.4 Å². The normalized spacial score (nSPS) is 12.1. The van der Waals surface area contributed by atoms with Crippen molar-refractivity contribution < 1.29 is 13.3 Å². The van der Waals surface area contributed by atoms with Gasteiger partial charge in [0.2, 0.25) is 0 Å². The Bertz CT molecular complexity index is 783. The molecule has 1 aromatic carbocycles. The maximum atomic E-state index is 5.49. The number of unbranched alkanes of at least 4 members (excludes halogenated alkanes) is 15. The molecule has 0 unspecified atom stereocenters. The van der Waals surface area contributed by atoms with Gasteiger partial charge in [-0.15, -0.1) is 11.3 Å². The molecule has 1 aromatic heterocycles. The van der Waals surface area contributed by atoms with Gasteiger partial charge in [0.1, 0.15) is 0 Å². The lowest BCUT2D eigenvalue weighted by atomic mass is 10.0. The van der Waals surface area contributed by atoms with E-state index in [1.807, 2.05) is 30.4 Å². The smallest absolute Gasteiger partial charge is 0.377 e. The summed E-state index contributed by atoms with van der Waals surface area (Å²) in [7, 11) is 10.3. The summed E-state index contributed by atoms with van der Waals surface area (Å²) in [4.78, 5) is 4.68. The minimum absolute atomic E-state index is 0.931. The second-order valence-electron chi connectivity index (χ2n) is 9.69. The van der Waals surface area contributed by atoms with Crippen LogP contribution >= 0.6 is 52.6 Å². The van der Waals surface area contributed by atoms with Crippen LogP contribution in [0, 0.1) is 0 Å². The predicted molar refractivity (Wildman–Crippen MR) is 179 cm³/mol. The number of hydrogen-bond acceptors (Lipinski definition) is 9. The highest BCUT2D eigenvalue weighted by Gasteiger charge is 2.36. The molecule has 0 aliphatic heterocycles. The molecule has 2 rings (SSSR count). The highest BCUT2D eigenvalue weighted by Crippen LogP contribution is 2.48. The zero-order chi connectivity index (χ0) is 27.2. The third kappa shape index (κ3) is 15.6. The fraction of sp³-hybridized carbons (Fsp3) is 0.750. The van der Waals surface area contributed by atoms with E-state index in [0.717, 1.165) is 22.3 Å². The first-order chi connectivity index (χ1) is 18.7. The molecule has 2 aromatic rings. The molecule has 0 fully saturated rings. The van der Waals surface area contributed by atoms with E-state index in [-0.39, 0.29) is 0 Å². The van der Waals surface area contributed by atoms with Gasteiger partial charge in [-0.3, -0.25) is 0 Å². The molecule has 0 bridgehead atoms. The highest BCUT2D eigenvalue weighted by molar-refractivity contribution is 9.26. The SMILES string of the molecule is CO[Si](CCCCCCCCCCCCCCCCCCSSSSc1nc2ccccc2s1)(OC)OC. The van der Waals surface area contributed by atoms with Crippen LogP contribution in [0.5, 0.6) is 0 Å². The van der Waals surface area contributed by atoms with E-state index in [2.05, 4.69) is 29.2 Å². The predicted octanol–water partition coefficient (Wildman–Crippen LogP) is 11.5. The summed E-state index contributed by atoms with van der Waals surface area (Å²) in [6.45, 7) is 0. The molecular formula is C28H49NO3S5Si. The Morgan fingerprint density at radius 2 is 1.16 bits per heavy atom. The maximum absolute atomic E-state index is 5.49. The van der Waals surface area contributed by atoms with Crippen molar-refractivity contribution >= 4 is 71.6 Å². The van der Waals surface area contributed by atoms with Crippen LogP contribution in [0.4, 0.5) is 0 Å². The molecule has 0 saturated heterocycles. The number of rotatable bonds is 26. The second kappa shape index (κ2) is 23.2. The summed E-state index contributed by atoms with van der Waals surface area (Å²) in [5.74, 6) is 1.26. The zero-order valence-corrected chi connectivity index (χ0v) is 28.8. The van der Waals surface area contributed by atoms with E-state index in [1.165, 1.54) is 107 Å². The zero-order valence-electron chi connectivity index (χ0n) is 23.8. The van der Waals surface area contributed by atoms with Crippen LogP contribution in [0.15, 0.2) is 28.6 Å². The van der Waals surface area contributed by atoms with Gasteiger partial charge in [0.15, 0.2) is 4.34 Å². The fourth-order valence-electron chi connectivity index (χ4n) is 4.52. The van der Waals surface area contributed by atoms with Crippen molar-refractivity contribution in [2.45, 2.75) is 113 Å². The van der Waals surface area contributed by atoms with Gasteiger partial charge in [-0.25, -0.2) is 4.98 Å². The van der Waals surface area contributed by atoms with Crippen molar-refractivity contribution in [3.05, 3.63) is 24.3 Å². The van der Waals surface area contributed by atoms with Crippen molar-refractivity contribution in [2.24, 2.45) is 0 Å². The second-order valence-corrected chi connectivity index (χ2v) is 20.0. The summed E-state index contributed by atoms with van der Waals surface area (Å²) in [6.07, 6.45) is 22.0. The molecule has 38 heavy (non-hydrogen) atoms. The van der Waals surface area contributed by atoms with Crippen LogP contribution in [-0.4, -0.2) is 40.9 Å². The van der Waals surface area contributed by atoms with Gasteiger partial charge in [-0.2, -0.15) is 0 Å². The quantitative estimate of drug-likeness (QED) is 0.0574. The Balaban J connectivity index is 1.24. The van der Waals surface area contributed by atoms with Crippen LogP contribution in [0.2, 0.25) is 6.04 Å². The van der Waals surface area contributed by atoms with Crippen molar-refractivity contribution in [3.63, 3.8) is 0 Å². The average molecular weight is 636 g/mol. The minimum Gasteiger partial charge on any atom is -0.377 e. The Labute approximate surface area is 252 Å². The van der Waals surface area contributed by atoms with Crippen molar-refractivity contribution in [1.82, 2.24) is 4.98 Å². The molecule has 0 radical (unpaired) electrons. The van der Waals surface area contributed by atoms with Gasteiger partial charge in [-0.1, -0.05) is 113 Å². The Morgan fingerprint density at radius 1 is 0.658 bits per heavy atom. The Morgan fingerprint density at radius 3 is 1.68 bits per heavy atom. The molecule has 0 atom stereocenters. The first kappa shape index (κ1) is 34.8. The molecule has 10 heteroatoms. The Hall–Kier alpha value is 0.607. The number of nitrogens with zero attached hydrogens (tertiary/aromatic N) is 1. The standard InChI is InChI=1S/C28H49NO3S5Si/c1-30-38(31-2,32-3)25-21-17-15-13-11-9-7-5-4-6-8-10-12-14-16-20-24-33-36-37-35-28-29-26-22-18-19-23-27(26)34-28/h18-19,22-23H,4-17,20-21,24-25H2,1-3H3. The summed E-state index contributed by atoms with van der Waals surface area (Å²) < 4.78 is 18.9. The largest absolute Gasteiger partial charge is 0.500 e. The van der Waals surface area contributed by atoms with Crippen LogP contribution in [0.25, 0.3) is 10.2 Å². The number of fused-ring (bicyclic) bond motifs is 1. The van der Waals surface area contributed by atoms with Crippen LogP contribution < -0.4 is 0 Å². The average Bonchev–Trinajstić information content (AvgIpc) is 3.37. The topological polar surface area (TPSA) is 40.6 Å². The number of thiazole rings is 1. The molecule has 0 N–H and O–H groups in total. The summed E-state index contributed by atoms with van der Waals surface area (Å²) in [6, 6.07) is 9.32. The summed E-state index contributed by atoms with van der Waals surface area (Å²) in [5, 5.41) is 0. The lowest BCUT2D eigenvalue weighted by molar-refractivity contribution is 0.122. The monoisotopic (exact) mass is 635 g/mol. The molecule has 0 saturated carbocycles. The first-order valence-corrected chi connectivity index (χ1v) is 22.1. The van der Waals surface area contributed by atoms with Crippen LogP contribution in [0.3, 0.4) is 0 Å². The molecular weight excluding hydrogens is 587 g/mol. The molecule has 0 amide bonds. The molecule has 1 heterocycles. The van der Waals surface area contributed by atoms with Crippen molar-refractivity contribution in [1.29, 1.82) is 0 Å². The van der Waals surface area contributed by atoms with Gasteiger partial charge in [0.05, 0.1) is 10.2 Å². The van der Waals surface area contributed by atoms with Crippen molar-refractivity contribution in [2.75, 3.05) is 27.1 Å². The van der Waals surface area contributed by atoms with E-state index >= 15 is 0 Å². The van der Waals surface area contributed by atoms with Gasteiger partial charge in [0.25, 0.3) is 0 Å². The van der Waals surface area contributed by atoms with Crippen LogP contribution in [-0.2, 0) is 13.3 Å². The van der Waals surface area contributed by atoms with E-state index in [0.29, 0.717) is 0 Å². The number of hydrogen-bond donors (Lipinski definition) is 0. The first-order valence-electron chi connectivity index (χ1n) is 14.4. The number of para-hydroxylation sites is 1. The third-order valence-corrected chi connectivity index (χ3v) is 17.3. The molecule has 218 valence electrons. The van der Waals surface area contributed by atoms with Crippen molar-refractivity contribution in [3.8, 4) is 0 Å². The highest BCUT2D eigenvalue weighted by atomic mass is 33.7. The van der Waals surface area contributed by atoms with Gasteiger partial charge >= 0.3 is 8.80 Å². The molecule has 0 aliphatic rings. The molecule has 0 aliphatic carbocycles. The van der Waals surface area contributed by atoms with E-state index in [1.54, 1.807) is 43.5 Å². The van der Waals surface area contributed by atoms with E-state index < -0.39 is 8.80 Å². The van der Waals surface area contributed by atoms with E-state index in [9.17, 15) is 0 Å². The third-order valence-electron chi connectivity index (χ3n) is 6.85. The molecule has 0 spiro atoms. The number of benzene rings is 1. The molecule has 4 nitrogen and oxygen atoms in total.